The quantitative estimate of drug-likeness (QED) is 0.529. The lowest BCUT2D eigenvalue weighted by atomic mass is 9.95. The number of carbonyl (C=O) groups excluding carboxylic acids is 1. The number of carbonyl (C=O) groups is 1. The molecule has 20 heavy (non-hydrogen) atoms. The van der Waals surface area contributed by atoms with Gasteiger partial charge in [0, 0.05) is 12.8 Å². The fraction of sp³-hybridized carbons (Fsp3) is 0.812. The Morgan fingerprint density at radius 1 is 1.10 bits per heavy atom. The van der Waals surface area contributed by atoms with Gasteiger partial charge in [0.15, 0.2) is 0 Å². The second kappa shape index (κ2) is 10.4. The minimum Gasteiger partial charge on any atom is -0.319 e. The van der Waals surface area contributed by atoms with E-state index in [4.69, 9.17) is 4.84 Å². The van der Waals surface area contributed by atoms with Gasteiger partial charge in [-0.05, 0) is 32.1 Å². The summed E-state index contributed by atoms with van der Waals surface area (Å²) < 4.78 is 0. The van der Waals surface area contributed by atoms with Crippen LogP contribution in [0.4, 0.5) is 0 Å². The molecule has 0 bridgehead atoms. The predicted molar refractivity (Wildman–Crippen MR) is 79.1 cm³/mol. The highest BCUT2D eigenvalue weighted by Crippen LogP contribution is 2.19. The molecule has 0 aromatic rings. The molecule has 0 aromatic heterocycles. The van der Waals surface area contributed by atoms with Crippen molar-refractivity contribution in [3.63, 3.8) is 0 Å². The first kappa shape index (κ1) is 16.7. The average Bonchev–Trinajstić information content (AvgIpc) is 2.45. The molecule has 0 N–H and O–H groups in total. The van der Waals surface area contributed by atoms with Gasteiger partial charge in [-0.15, -0.1) is 0 Å². The minimum absolute atomic E-state index is 0.110. The highest BCUT2D eigenvalue weighted by atomic mass is 16.7. The van der Waals surface area contributed by atoms with Crippen LogP contribution in [0, 0.1) is 17.2 Å². The maximum absolute atomic E-state index is 10.8. The van der Waals surface area contributed by atoms with Crippen LogP contribution in [0.5, 0.6) is 0 Å². The zero-order valence-corrected chi connectivity index (χ0v) is 12.6. The van der Waals surface area contributed by atoms with Crippen LogP contribution in [-0.4, -0.2) is 11.7 Å². The van der Waals surface area contributed by atoms with Gasteiger partial charge >= 0.3 is 5.97 Å². The molecule has 1 aliphatic carbocycles. The zero-order valence-electron chi connectivity index (χ0n) is 12.6. The van der Waals surface area contributed by atoms with Crippen molar-refractivity contribution in [2.75, 3.05) is 0 Å². The van der Waals surface area contributed by atoms with E-state index in [1.54, 1.807) is 0 Å². The van der Waals surface area contributed by atoms with Crippen molar-refractivity contribution in [1.82, 2.24) is 0 Å². The molecule has 0 amide bonds. The van der Waals surface area contributed by atoms with Crippen LogP contribution < -0.4 is 0 Å². The molecule has 0 aromatic carbocycles. The van der Waals surface area contributed by atoms with E-state index >= 15 is 0 Å². The Bertz CT molecular complexity index is 358. The zero-order chi connectivity index (χ0) is 14.6. The summed E-state index contributed by atoms with van der Waals surface area (Å²) >= 11 is 0. The van der Waals surface area contributed by atoms with Crippen LogP contribution >= 0.6 is 0 Å². The first-order valence-electron chi connectivity index (χ1n) is 7.85. The molecule has 1 unspecified atom stereocenters. The summed E-state index contributed by atoms with van der Waals surface area (Å²) in [6.07, 6.45) is 12.0. The number of oxime groups is 1. The number of rotatable bonds is 1. The standard InChI is InChI=1S/C16H26N2O2/c1-14(19)20-18-16-10-8-6-4-2-3-5-7-9-15(13-17)11-12-16/h15H,2-12H2,1H3/b18-16+. The second-order valence-electron chi connectivity index (χ2n) is 5.62. The Balaban J connectivity index is 2.55. The number of hydrogen-bond acceptors (Lipinski definition) is 4. The lowest BCUT2D eigenvalue weighted by molar-refractivity contribution is -0.140. The van der Waals surface area contributed by atoms with E-state index in [1.807, 2.05) is 0 Å². The smallest absolute Gasteiger partial charge is 0.319 e. The van der Waals surface area contributed by atoms with Gasteiger partial charge in [0.05, 0.1) is 11.8 Å². The molecule has 0 heterocycles. The van der Waals surface area contributed by atoms with Gasteiger partial charge in [0.2, 0.25) is 0 Å². The minimum atomic E-state index is -0.378. The number of nitrogens with zero attached hydrogens (tertiary/aromatic N) is 2. The molecule has 0 saturated heterocycles. The van der Waals surface area contributed by atoms with Crippen LogP contribution in [0.3, 0.4) is 0 Å². The first-order chi connectivity index (χ1) is 9.72. The van der Waals surface area contributed by atoms with Crippen molar-refractivity contribution >= 4 is 11.7 Å². The van der Waals surface area contributed by atoms with E-state index in [9.17, 15) is 10.1 Å². The average molecular weight is 278 g/mol. The van der Waals surface area contributed by atoms with Crippen LogP contribution in [-0.2, 0) is 9.63 Å². The molecule has 1 aliphatic rings. The van der Waals surface area contributed by atoms with Crippen molar-refractivity contribution in [1.29, 1.82) is 5.26 Å². The Morgan fingerprint density at radius 2 is 1.75 bits per heavy atom. The highest BCUT2D eigenvalue weighted by Gasteiger charge is 2.11. The van der Waals surface area contributed by atoms with E-state index in [0.717, 1.165) is 44.2 Å². The number of nitriles is 1. The Hall–Kier alpha value is -1.37. The molecule has 112 valence electrons. The maximum Gasteiger partial charge on any atom is 0.331 e. The summed E-state index contributed by atoms with van der Waals surface area (Å²) in [5.41, 5.74) is 0.930. The SMILES string of the molecule is CC(=O)O/N=C1\CCCCCCCCCC(C#N)CC1. The highest BCUT2D eigenvalue weighted by molar-refractivity contribution is 5.84. The van der Waals surface area contributed by atoms with Crippen LogP contribution in [0.1, 0.15) is 77.6 Å². The van der Waals surface area contributed by atoms with Gasteiger partial charge in [-0.3, -0.25) is 0 Å². The molecule has 1 atom stereocenters. The Labute approximate surface area is 122 Å². The summed E-state index contributed by atoms with van der Waals surface area (Å²) in [5.74, 6) is -0.268. The summed E-state index contributed by atoms with van der Waals surface area (Å²) in [5, 5.41) is 13.1. The lowest BCUT2D eigenvalue weighted by Gasteiger charge is -2.09. The largest absolute Gasteiger partial charge is 0.331 e. The third-order valence-electron chi connectivity index (χ3n) is 3.79. The van der Waals surface area contributed by atoms with E-state index in [2.05, 4.69) is 11.2 Å². The molecule has 1 saturated carbocycles. The summed E-state index contributed by atoms with van der Waals surface area (Å²) in [6.45, 7) is 1.36. The van der Waals surface area contributed by atoms with E-state index in [1.165, 1.54) is 39.0 Å². The van der Waals surface area contributed by atoms with Crippen molar-refractivity contribution < 1.29 is 9.63 Å². The van der Waals surface area contributed by atoms with Gasteiger partial charge < -0.3 is 4.84 Å². The molecule has 0 aliphatic heterocycles. The summed E-state index contributed by atoms with van der Waals surface area (Å²) in [4.78, 5) is 15.6. The van der Waals surface area contributed by atoms with E-state index in [-0.39, 0.29) is 11.9 Å². The van der Waals surface area contributed by atoms with Crippen molar-refractivity contribution in [2.45, 2.75) is 77.6 Å². The van der Waals surface area contributed by atoms with Crippen molar-refractivity contribution in [2.24, 2.45) is 11.1 Å². The fourth-order valence-electron chi connectivity index (χ4n) is 2.56. The first-order valence-corrected chi connectivity index (χ1v) is 7.85. The number of hydrogen-bond donors (Lipinski definition) is 0. The lowest BCUT2D eigenvalue weighted by Crippen LogP contribution is -2.06. The van der Waals surface area contributed by atoms with Gasteiger partial charge in [-0.2, -0.15) is 5.26 Å². The van der Waals surface area contributed by atoms with Crippen LogP contribution in [0.25, 0.3) is 0 Å². The molecule has 0 spiro atoms. The third kappa shape index (κ3) is 7.93. The van der Waals surface area contributed by atoms with Gasteiger partial charge in [0.1, 0.15) is 0 Å². The normalized spacial score (nSPS) is 24.8. The predicted octanol–water partition coefficient (Wildman–Crippen LogP) is 4.35. The van der Waals surface area contributed by atoms with E-state index in [0.29, 0.717) is 0 Å². The molecule has 1 fully saturated rings. The molecule has 4 heteroatoms. The molecule has 1 rings (SSSR count). The summed E-state index contributed by atoms with van der Waals surface area (Å²) in [6, 6.07) is 2.39. The summed E-state index contributed by atoms with van der Waals surface area (Å²) in [7, 11) is 0. The van der Waals surface area contributed by atoms with Gasteiger partial charge in [-0.1, -0.05) is 43.7 Å². The Morgan fingerprint density at radius 3 is 2.40 bits per heavy atom. The third-order valence-corrected chi connectivity index (χ3v) is 3.79. The monoisotopic (exact) mass is 278 g/mol. The van der Waals surface area contributed by atoms with Crippen LogP contribution in [0.15, 0.2) is 5.16 Å². The molecular formula is C16H26N2O2. The Kier molecular flexibility index (Phi) is 8.69. The van der Waals surface area contributed by atoms with Gasteiger partial charge in [-0.25, -0.2) is 4.79 Å². The van der Waals surface area contributed by atoms with E-state index < -0.39 is 0 Å². The molecule has 0 radical (unpaired) electrons. The molecule has 4 nitrogen and oxygen atoms in total. The molecular weight excluding hydrogens is 252 g/mol. The van der Waals surface area contributed by atoms with Gasteiger partial charge in [0.25, 0.3) is 0 Å². The maximum atomic E-state index is 10.8. The topological polar surface area (TPSA) is 62.4 Å². The van der Waals surface area contributed by atoms with Crippen LogP contribution in [0.2, 0.25) is 0 Å². The van der Waals surface area contributed by atoms with Crippen molar-refractivity contribution in [3.8, 4) is 6.07 Å². The van der Waals surface area contributed by atoms with Crippen molar-refractivity contribution in [3.05, 3.63) is 0 Å². The fourth-order valence-corrected chi connectivity index (χ4v) is 2.56. The second-order valence-corrected chi connectivity index (χ2v) is 5.62.